The Morgan fingerprint density at radius 3 is 2.72 bits per heavy atom. The molecule has 1 aliphatic rings. The maximum atomic E-state index is 5.42. The molecule has 3 rings (SSSR count). The van der Waals surface area contributed by atoms with Crippen molar-refractivity contribution in [1.82, 2.24) is 26.3 Å². The van der Waals surface area contributed by atoms with Gasteiger partial charge in [-0.1, -0.05) is 11.2 Å². The lowest BCUT2D eigenvalue weighted by molar-refractivity contribution is 0.335. The maximum absolute atomic E-state index is 5.42. The SMILES string of the molecule is CNC(C)Cc1noc(C2CC(c3ccc(OC)c(OC)c3)NN2)n1. The number of hydrogen-bond acceptors (Lipinski definition) is 8. The molecule has 1 aromatic carbocycles. The minimum Gasteiger partial charge on any atom is -0.493 e. The standard InChI is InChI=1S/C17H25N5O3/c1-10(18-2)7-16-19-17(25-22-16)13-9-12(20-21-13)11-5-6-14(23-3)15(8-11)24-4/h5-6,8,10,12-13,18,20-21H,7,9H2,1-4H3. The van der Waals surface area contributed by atoms with Crippen LogP contribution in [0.2, 0.25) is 0 Å². The molecule has 1 aliphatic heterocycles. The molecule has 3 unspecified atom stereocenters. The third-order valence-electron chi connectivity index (χ3n) is 4.48. The second kappa shape index (κ2) is 7.81. The number of benzene rings is 1. The number of ether oxygens (including phenoxy) is 2. The summed E-state index contributed by atoms with van der Waals surface area (Å²) in [6.07, 6.45) is 1.54. The summed E-state index contributed by atoms with van der Waals surface area (Å²) in [5.74, 6) is 2.75. The van der Waals surface area contributed by atoms with Crippen LogP contribution < -0.4 is 25.6 Å². The highest BCUT2D eigenvalue weighted by Gasteiger charge is 2.30. The van der Waals surface area contributed by atoms with Gasteiger partial charge in [-0.05, 0) is 38.1 Å². The molecular weight excluding hydrogens is 322 g/mol. The van der Waals surface area contributed by atoms with Gasteiger partial charge >= 0.3 is 0 Å². The van der Waals surface area contributed by atoms with Gasteiger partial charge in [0.05, 0.1) is 14.2 Å². The van der Waals surface area contributed by atoms with E-state index in [1.54, 1.807) is 14.2 Å². The van der Waals surface area contributed by atoms with E-state index >= 15 is 0 Å². The molecule has 136 valence electrons. The van der Waals surface area contributed by atoms with Crippen LogP contribution in [0.1, 0.15) is 42.7 Å². The molecule has 3 atom stereocenters. The second-order valence-electron chi connectivity index (χ2n) is 6.19. The number of aromatic nitrogens is 2. The van der Waals surface area contributed by atoms with Crippen molar-refractivity contribution in [3.63, 3.8) is 0 Å². The summed E-state index contributed by atoms with van der Waals surface area (Å²) in [4.78, 5) is 4.50. The molecule has 0 bridgehead atoms. The highest BCUT2D eigenvalue weighted by Crippen LogP contribution is 2.35. The van der Waals surface area contributed by atoms with Crippen molar-refractivity contribution in [2.45, 2.75) is 37.9 Å². The van der Waals surface area contributed by atoms with E-state index in [0.717, 1.165) is 18.4 Å². The Balaban J connectivity index is 1.67. The van der Waals surface area contributed by atoms with Crippen molar-refractivity contribution in [1.29, 1.82) is 0 Å². The van der Waals surface area contributed by atoms with Gasteiger partial charge in [0.25, 0.3) is 0 Å². The Bertz CT molecular complexity index is 705. The first-order chi connectivity index (χ1) is 12.1. The monoisotopic (exact) mass is 347 g/mol. The Kier molecular flexibility index (Phi) is 5.52. The quantitative estimate of drug-likeness (QED) is 0.694. The van der Waals surface area contributed by atoms with Crippen molar-refractivity contribution < 1.29 is 14.0 Å². The van der Waals surface area contributed by atoms with Crippen molar-refractivity contribution in [3.8, 4) is 11.5 Å². The highest BCUT2D eigenvalue weighted by molar-refractivity contribution is 5.44. The lowest BCUT2D eigenvalue weighted by Crippen LogP contribution is -2.27. The summed E-state index contributed by atoms with van der Waals surface area (Å²) in [5.41, 5.74) is 7.63. The predicted octanol–water partition coefficient (Wildman–Crippen LogP) is 1.52. The van der Waals surface area contributed by atoms with Crippen LogP contribution in [0, 0.1) is 0 Å². The third kappa shape index (κ3) is 3.92. The van der Waals surface area contributed by atoms with E-state index in [4.69, 9.17) is 14.0 Å². The average Bonchev–Trinajstić information content (AvgIpc) is 3.30. The van der Waals surface area contributed by atoms with E-state index in [0.29, 0.717) is 29.3 Å². The highest BCUT2D eigenvalue weighted by atomic mass is 16.5. The average molecular weight is 347 g/mol. The predicted molar refractivity (Wildman–Crippen MR) is 92.4 cm³/mol. The fourth-order valence-electron chi connectivity index (χ4n) is 2.87. The Hall–Kier alpha value is -2.16. The van der Waals surface area contributed by atoms with Crippen molar-refractivity contribution in [3.05, 3.63) is 35.5 Å². The summed E-state index contributed by atoms with van der Waals surface area (Å²) in [6.45, 7) is 2.08. The van der Waals surface area contributed by atoms with Gasteiger partial charge in [0.15, 0.2) is 17.3 Å². The Morgan fingerprint density at radius 2 is 2.00 bits per heavy atom. The van der Waals surface area contributed by atoms with Gasteiger partial charge in [0.1, 0.15) is 6.04 Å². The normalized spacial score (nSPS) is 21.3. The lowest BCUT2D eigenvalue weighted by Gasteiger charge is -2.13. The first-order valence-electron chi connectivity index (χ1n) is 8.37. The molecule has 8 heteroatoms. The summed E-state index contributed by atoms with van der Waals surface area (Å²) in [7, 11) is 5.18. The molecule has 1 fully saturated rings. The molecule has 0 aliphatic carbocycles. The number of methoxy groups -OCH3 is 2. The van der Waals surface area contributed by atoms with E-state index in [2.05, 4.69) is 33.2 Å². The van der Waals surface area contributed by atoms with Crippen LogP contribution in [-0.4, -0.2) is 37.4 Å². The lowest BCUT2D eigenvalue weighted by atomic mass is 10.0. The van der Waals surface area contributed by atoms with Crippen molar-refractivity contribution in [2.24, 2.45) is 0 Å². The topological polar surface area (TPSA) is 93.5 Å². The summed E-state index contributed by atoms with van der Waals surface area (Å²) in [5, 5.41) is 7.24. The molecule has 2 heterocycles. The first kappa shape index (κ1) is 17.7. The van der Waals surface area contributed by atoms with Crippen LogP contribution in [0.15, 0.2) is 22.7 Å². The smallest absolute Gasteiger partial charge is 0.245 e. The minimum atomic E-state index is -0.0239. The summed E-state index contributed by atoms with van der Waals surface area (Å²) < 4.78 is 16.1. The minimum absolute atomic E-state index is 0.0239. The van der Waals surface area contributed by atoms with Crippen LogP contribution in [0.5, 0.6) is 11.5 Å². The van der Waals surface area contributed by atoms with Gasteiger partial charge in [-0.3, -0.25) is 0 Å². The second-order valence-corrected chi connectivity index (χ2v) is 6.19. The van der Waals surface area contributed by atoms with E-state index in [1.165, 1.54) is 0 Å². The van der Waals surface area contributed by atoms with E-state index in [9.17, 15) is 0 Å². The van der Waals surface area contributed by atoms with Crippen LogP contribution >= 0.6 is 0 Å². The van der Waals surface area contributed by atoms with Gasteiger partial charge in [-0.15, -0.1) is 0 Å². The fourth-order valence-corrected chi connectivity index (χ4v) is 2.87. The molecule has 1 aromatic heterocycles. The number of likely N-dealkylation sites (N-methyl/N-ethyl adjacent to an activating group) is 1. The Labute approximate surface area is 147 Å². The summed E-state index contributed by atoms with van der Waals surface area (Å²) in [6, 6.07) is 6.32. The number of hydrazine groups is 1. The number of rotatable bonds is 7. The van der Waals surface area contributed by atoms with Gasteiger partial charge < -0.3 is 19.3 Å². The van der Waals surface area contributed by atoms with Gasteiger partial charge in [-0.2, -0.15) is 4.98 Å². The fraction of sp³-hybridized carbons (Fsp3) is 0.529. The number of hydrogen-bond donors (Lipinski definition) is 3. The first-order valence-corrected chi connectivity index (χ1v) is 8.37. The maximum Gasteiger partial charge on any atom is 0.245 e. The van der Waals surface area contributed by atoms with Crippen LogP contribution in [0.4, 0.5) is 0 Å². The zero-order valence-electron chi connectivity index (χ0n) is 15.0. The van der Waals surface area contributed by atoms with Crippen LogP contribution in [0.3, 0.4) is 0 Å². The molecule has 0 amide bonds. The molecule has 1 saturated heterocycles. The molecule has 0 saturated carbocycles. The third-order valence-corrected chi connectivity index (χ3v) is 4.48. The van der Waals surface area contributed by atoms with Crippen molar-refractivity contribution >= 4 is 0 Å². The largest absolute Gasteiger partial charge is 0.493 e. The molecule has 0 radical (unpaired) electrons. The molecule has 3 N–H and O–H groups in total. The Morgan fingerprint density at radius 1 is 1.24 bits per heavy atom. The summed E-state index contributed by atoms with van der Waals surface area (Å²) >= 11 is 0. The van der Waals surface area contributed by atoms with Crippen LogP contribution in [0.25, 0.3) is 0 Å². The number of nitrogens with one attached hydrogen (secondary N) is 3. The van der Waals surface area contributed by atoms with Gasteiger partial charge in [0.2, 0.25) is 5.89 Å². The van der Waals surface area contributed by atoms with E-state index in [1.807, 2.05) is 25.2 Å². The molecule has 2 aromatic rings. The van der Waals surface area contributed by atoms with Crippen molar-refractivity contribution in [2.75, 3.05) is 21.3 Å². The molecule has 8 nitrogen and oxygen atoms in total. The molecule has 0 spiro atoms. The van der Waals surface area contributed by atoms with E-state index in [-0.39, 0.29) is 12.1 Å². The van der Waals surface area contributed by atoms with Crippen LogP contribution in [-0.2, 0) is 6.42 Å². The van der Waals surface area contributed by atoms with E-state index < -0.39 is 0 Å². The molecular formula is C17H25N5O3. The van der Waals surface area contributed by atoms with Gasteiger partial charge in [-0.25, -0.2) is 10.9 Å². The number of nitrogens with zero attached hydrogens (tertiary/aromatic N) is 2. The zero-order valence-corrected chi connectivity index (χ0v) is 15.0. The van der Waals surface area contributed by atoms with Gasteiger partial charge in [0, 0.05) is 18.5 Å². The zero-order chi connectivity index (χ0) is 17.8. The molecule has 25 heavy (non-hydrogen) atoms.